The van der Waals surface area contributed by atoms with Crippen LogP contribution in [0.25, 0.3) is 0 Å². The van der Waals surface area contributed by atoms with Crippen molar-refractivity contribution in [2.24, 2.45) is 0 Å². The molecule has 0 fully saturated rings. The number of rotatable bonds is 9. The topological polar surface area (TPSA) is 95.5 Å². The molecular formula is C31H22Cl2O5S2. The first-order valence-electron chi connectivity index (χ1n) is 12.0. The highest BCUT2D eigenvalue weighted by molar-refractivity contribution is 8.29. The average molecular weight is 610 g/mol. The van der Waals surface area contributed by atoms with Gasteiger partial charge in [-0.1, -0.05) is 90.1 Å². The van der Waals surface area contributed by atoms with Crippen LogP contribution in [0, 0.1) is 10.2 Å². The van der Waals surface area contributed by atoms with Gasteiger partial charge in [0.05, 0.1) is 25.6 Å². The Morgan fingerprint density at radius 2 is 1.15 bits per heavy atom. The highest BCUT2D eigenvalue weighted by Gasteiger charge is 2.46. The SMILES string of the molecule is O=C(c1ccccc1)c1ccc(Sc2ccc(S(O[Cl+3]([O-])([O-])[O-])(c3ccccc3)c3ccccc3)cc2)c(Cl)c1. The summed E-state index contributed by atoms with van der Waals surface area (Å²) in [4.78, 5) is 16.0. The van der Waals surface area contributed by atoms with Crippen LogP contribution in [-0.2, 0) is 3.74 Å². The normalized spacial score (nSPS) is 12.2. The second kappa shape index (κ2) is 12.2. The predicted molar refractivity (Wildman–Crippen MR) is 148 cm³/mol. The largest absolute Gasteiger partial charge is 0.289 e. The smallest absolute Gasteiger partial charge is 0.193 e. The Bertz CT molecular complexity index is 1560. The van der Waals surface area contributed by atoms with E-state index in [0.29, 0.717) is 30.8 Å². The van der Waals surface area contributed by atoms with Gasteiger partial charge in [-0.25, -0.2) is 0 Å². The quantitative estimate of drug-likeness (QED) is 0.195. The molecule has 5 nitrogen and oxygen atoms in total. The first-order chi connectivity index (χ1) is 19.3. The fraction of sp³-hybridized carbons (Fsp3) is 0. The van der Waals surface area contributed by atoms with Crippen LogP contribution in [0.15, 0.2) is 158 Å². The van der Waals surface area contributed by atoms with Gasteiger partial charge >= 0.3 is 0 Å². The van der Waals surface area contributed by atoms with Crippen LogP contribution in [0.5, 0.6) is 0 Å². The molecule has 0 aliphatic rings. The van der Waals surface area contributed by atoms with Crippen LogP contribution in [0.2, 0.25) is 5.02 Å². The lowest BCUT2D eigenvalue weighted by molar-refractivity contribution is -1.91. The van der Waals surface area contributed by atoms with Gasteiger partial charge in [-0.3, -0.25) is 4.79 Å². The van der Waals surface area contributed by atoms with E-state index in [2.05, 4.69) is 0 Å². The zero-order valence-electron chi connectivity index (χ0n) is 20.8. The number of hydrogen-bond donors (Lipinski definition) is 0. The summed E-state index contributed by atoms with van der Waals surface area (Å²) in [5.74, 6) is -0.114. The van der Waals surface area contributed by atoms with E-state index in [0.717, 1.165) is 9.79 Å². The molecule has 0 aliphatic carbocycles. The van der Waals surface area contributed by atoms with E-state index in [1.54, 1.807) is 91.0 Å². The highest BCUT2D eigenvalue weighted by Crippen LogP contribution is 2.70. The molecule has 0 aliphatic heterocycles. The molecule has 0 radical (unpaired) electrons. The maximum Gasteiger partial charge on any atom is 0.193 e. The third kappa shape index (κ3) is 6.28. The van der Waals surface area contributed by atoms with Gasteiger partial charge in [-0.2, -0.15) is 14.0 Å². The molecule has 0 heterocycles. The predicted octanol–water partition coefficient (Wildman–Crippen LogP) is 5.83. The van der Waals surface area contributed by atoms with Gasteiger partial charge in [-0.15, -0.1) is 0 Å². The molecule has 0 spiro atoms. The van der Waals surface area contributed by atoms with E-state index in [1.807, 2.05) is 42.5 Å². The molecule has 0 atom stereocenters. The van der Waals surface area contributed by atoms with Crippen molar-refractivity contribution in [3.63, 3.8) is 0 Å². The van der Waals surface area contributed by atoms with Gasteiger partial charge in [0.2, 0.25) is 0 Å². The maximum absolute atomic E-state index is 12.8. The van der Waals surface area contributed by atoms with Gasteiger partial charge in [0.25, 0.3) is 0 Å². The average Bonchev–Trinajstić information content (AvgIpc) is 2.98. The molecule has 0 unspecified atom stereocenters. The summed E-state index contributed by atoms with van der Waals surface area (Å²) in [7, 11) is -7.68. The van der Waals surface area contributed by atoms with Crippen molar-refractivity contribution in [2.75, 3.05) is 0 Å². The van der Waals surface area contributed by atoms with Crippen LogP contribution in [0.3, 0.4) is 0 Å². The van der Waals surface area contributed by atoms with Crippen molar-refractivity contribution in [1.29, 1.82) is 0 Å². The molecular weight excluding hydrogens is 587 g/mol. The minimum absolute atomic E-state index is 0.114. The second-order valence-corrected chi connectivity index (χ2v) is 13.8. The van der Waals surface area contributed by atoms with Crippen molar-refractivity contribution < 1.29 is 32.8 Å². The third-order valence-corrected chi connectivity index (χ3v) is 11.6. The summed E-state index contributed by atoms with van der Waals surface area (Å²) in [5.41, 5.74) is 1.07. The van der Waals surface area contributed by atoms with E-state index >= 15 is 0 Å². The number of carbonyl (C=O) groups is 1. The minimum Gasteiger partial charge on any atom is -0.289 e. The van der Waals surface area contributed by atoms with Crippen LogP contribution >= 0.6 is 33.7 Å². The van der Waals surface area contributed by atoms with Gasteiger partial charge in [-0.05, 0) is 66.7 Å². The first kappa shape index (κ1) is 28.4. The van der Waals surface area contributed by atoms with Gasteiger partial charge in [0.15, 0.2) is 5.78 Å². The zero-order chi connectivity index (χ0) is 28.2. The standard InChI is InChI=1S/C31H22Cl2O5S2/c32-29-22-24(31(34)23-10-4-1-5-11-23)16-21-30(29)39-25-17-19-28(20-18-25)40(38-33(35,36)37,26-12-6-2-7-13-26)27-14-8-3-9-15-27/h1-22H. The van der Waals surface area contributed by atoms with E-state index in [9.17, 15) is 18.8 Å². The fourth-order valence-corrected chi connectivity index (χ4v) is 9.49. The minimum atomic E-state index is -4.76. The summed E-state index contributed by atoms with van der Waals surface area (Å²) in [6.07, 6.45) is 0. The molecule has 5 aromatic carbocycles. The molecule has 5 rings (SSSR count). The van der Waals surface area contributed by atoms with Gasteiger partial charge < -0.3 is 0 Å². The molecule has 0 amide bonds. The number of ketones is 1. The Labute approximate surface area is 245 Å². The fourth-order valence-electron chi connectivity index (χ4n) is 4.16. The molecule has 0 N–H and O–H groups in total. The van der Waals surface area contributed by atoms with Crippen molar-refractivity contribution in [1.82, 2.24) is 0 Å². The molecule has 0 saturated heterocycles. The summed E-state index contributed by atoms with van der Waals surface area (Å²) in [6, 6.07) is 39.1. The van der Waals surface area contributed by atoms with Crippen LogP contribution < -0.4 is 14.0 Å². The molecule has 202 valence electrons. The number of hydrogen-bond acceptors (Lipinski definition) is 6. The highest BCUT2D eigenvalue weighted by atomic mass is 35.7. The zero-order valence-corrected chi connectivity index (χ0v) is 24.0. The number of halogens is 2. The Hall–Kier alpha value is -3.11. The summed E-state index contributed by atoms with van der Waals surface area (Å²) < 4.78 is 41.6. The monoisotopic (exact) mass is 608 g/mol. The summed E-state index contributed by atoms with van der Waals surface area (Å²) in [6.45, 7) is 0. The Morgan fingerprint density at radius 3 is 1.65 bits per heavy atom. The summed E-state index contributed by atoms with van der Waals surface area (Å²) in [5, 5.41) is 0.434. The Morgan fingerprint density at radius 1 is 0.650 bits per heavy atom. The Balaban J connectivity index is 1.48. The second-order valence-electron chi connectivity index (χ2n) is 8.54. The molecule has 40 heavy (non-hydrogen) atoms. The van der Waals surface area contributed by atoms with Crippen molar-refractivity contribution in [3.05, 3.63) is 150 Å². The van der Waals surface area contributed by atoms with E-state index in [4.69, 9.17) is 15.3 Å². The maximum atomic E-state index is 12.8. The van der Waals surface area contributed by atoms with Crippen LogP contribution in [-0.4, -0.2) is 5.78 Å². The molecule has 0 bridgehead atoms. The summed E-state index contributed by atoms with van der Waals surface area (Å²) >= 11 is 7.95. The molecule has 0 aromatic heterocycles. The van der Waals surface area contributed by atoms with Gasteiger partial charge in [0.1, 0.15) is 3.74 Å². The van der Waals surface area contributed by atoms with Crippen molar-refractivity contribution in [3.8, 4) is 0 Å². The first-order valence-corrected chi connectivity index (χ1v) is 16.0. The number of benzene rings is 5. The Kier molecular flexibility index (Phi) is 8.65. The lowest BCUT2D eigenvalue weighted by Crippen LogP contribution is -2.61. The van der Waals surface area contributed by atoms with Crippen molar-refractivity contribution >= 4 is 39.5 Å². The van der Waals surface area contributed by atoms with E-state index in [-0.39, 0.29) is 5.78 Å². The number of carbonyl (C=O) groups excluding carboxylic acids is 1. The van der Waals surface area contributed by atoms with Gasteiger partial charge in [0, 0.05) is 35.6 Å². The van der Waals surface area contributed by atoms with Crippen LogP contribution in [0.4, 0.5) is 0 Å². The van der Waals surface area contributed by atoms with E-state index < -0.39 is 20.6 Å². The van der Waals surface area contributed by atoms with Crippen LogP contribution in [0.1, 0.15) is 15.9 Å². The lowest BCUT2D eigenvalue weighted by Gasteiger charge is -2.34. The lowest BCUT2D eigenvalue weighted by atomic mass is 10.0. The molecule has 5 aromatic rings. The van der Waals surface area contributed by atoms with Crippen molar-refractivity contribution in [2.45, 2.75) is 24.5 Å². The van der Waals surface area contributed by atoms with E-state index in [1.165, 1.54) is 11.8 Å². The molecule has 0 saturated carbocycles. The molecule has 9 heteroatoms. The third-order valence-electron chi connectivity index (χ3n) is 5.94.